The minimum atomic E-state index is -0.875. The van der Waals surface area contributed by atoms with Crippen LogP contribution in [0.2, 0.25) is 0 Å². The first-order valence-electron chi connectivity index (χ1n) is 10.6. The predicted molar refractivity (Wildman–Crippen MR) is 122 cm³/mol. The summed E-state index contributed by atoms with van der Waals surface area (Å²) >= 11 is 0. The lowest BCUT2D eigenvalue weighted by molar-refractivity contribution is -0.140. The van der Waals surface area contributed by atoms with E-state index in [0.29, 0.717) is 16.9 Å². The summed E-state index contributed by atoms with van der Waals surface area (Å²) in [6.45, 7) is 3.92. The van der Waals surface area contributed by atoms with Gasteiger partial charge in [-0.15, -0.1) is 0 Å². The topological polar surface area (TPSA) is 100.0 Å². The normalized spacial score (nSPS) is 17.5. The molecule has 1 aliphatic heterocycles. The first kappa shape index (κ1) is 22.1. The van der Waals surface area contributed by atoms with Crippen molar-refractivity contribution in [2.75, 3.05) is 0 Å². The number of carbonyl (C=O) groups excluding carboxylic acids is 2. The van der Waals surface area contributed by atoms with Crippen LogP contribution in [0.1, 0.15) is 36.6 Å². The zero-order valence-corrected chi connectivity index (χ0v) is 18.3. The first-order chi connectivity index (χ1) is 15.8. The van der Waals surface area contributed by atoms with Crippen LogP contribution in [-0.2, 0) is 16.1 Å². The number of nitrogens with zero attached hydrogens (tertiary/aromatic N) is 2. The van der Waals surface area contributed by atoms with E-state index in [0.717, 1.165) is 5.56 Å². The number of amides is 1. The van der Waals surface area contributed by atoms with Gasteiger partial charge in [0.15, 0.2) is 0 Å². The molecule has 0 spiro atoms. The number of phenolic OH excluding ortho intramolecular Hbond substituents is 1. The Bertz CT molecular complexity index is 1220. The van der Waals surface area contributed by atoms with E-state index in [1.54, 1.807) is 60.9 Å². The molecule has 0 aliphatic carbocycles. The average Bonchev–Trinajstić information content (AvgIpc) is 3.04. The van der Waals surface area contributed by atoms with Crippen molar-refractivity contribution in [2.45, 2.75) is 32.5 Å². The maximum absolute atomic E-state index is 13.1. The predicted octanol–water partition coefficient (Wildman–Crippen LogP) is 4.20. The summed E-state index contributed by atoms with van der Waals surface area (Å²) in [5, 5.41) is 21.3. The van der Waals surface area contributed by atoms with Crippen LogP contribution in [0.15, 0.2) is 78.6 Å². The number of hydrogen-bond donors (Lipinski definition) is 2. The number of phenols is 1. The SMILES string of the molecule is CC(C)Oc1cccc(/C(O)=C2/C(=O)C(=O)N(Cc3ccncc3)C2c2cccc(O)c2)c1. The van der Waals surface area contributed by atoms with Gasteiger partial charge >= 0.3 is 0 Å². The summed E-state index contributed by atoms with van der Waals surface area (Å²) in [6.07, 6.45) is 3.14. The largest absolute Gasteiger partial charge is 0.508 e. The van der Waals surface area contributed by atoms with E-state index < -0.39 is 17.7 Å². The maximum Gasteiger partial charge on any atom is 0.295 e. The number of ether oxygens (including phenoxy) is 1. The highest BCUT2D eigenvalue weighted by molar-refractivity contribution is 6.46. The van der Waals surface area contributed by atoms with Gasteiger partial charge in [0.05, 0.1) is 17.7 Å². The van der Waals surface area contributed by atoms with Crippen LogP contribution >= 0.6 is 0 Å². The number of aliphatic hydroxyl groups is 1. The molecule has 2 N–H and O–H groups in total. The molecular formula is C26H24N2O5. The molecule has 1 aromatic heterocycles. The Morgan fingerprint density at radius 1 is 1.06 bits per heavy atom. The highest BCUT2D eigenvalue weighted by Crippen LogP contribution is 2.41. The molecule has 0 saturated carbocycles. The van der Waals surface area contributed by atoms with Gasteiger partial charge in [-0.05, 0) is 61.4 Å². The number of benzene rings is 2. The molecule has 1 unspecified atom stereocenters. The number of aromatic nitrogens is 1. The molecule has 0 radical (unpaired) electrons. The molecule has 7 nitrogen and oxygen atoms in total. The highest BCUT2D eigenvalue weighted by atomic mass is 16.5. The van der Waals surface area contributed by atoms with E-state index in [1.165, 1.54) is 17.0 Å². The Morgan fingerprint density at radius 2 is 1.79 bits per heavy atom. The van der Waals surface area contributed by atoms with Crippen molar-refractivity contribution in [3.05, 3.63) is 95.3 Å². The fourth-order valence-corrected chi connectivity index (χ4v) is 3.91. The molecule has 2 heterocycles. The van der Waals surface area contributed by atoms with Gasteiger partial charge in [-0.2, -0.15) is 0 Å². The number of aromatic hydroxyl groups is 1. The third-order valence-electron chi connectivity index (χ3n) is 5.31. The number of hydrogen-bond acceptors (Lipinski definition) is 6. The second-order valence-corrected chi connectivity index (χ2v) is 8.07. The molecule has 7 heteroatoms. The Balaban J connectivity index is 1.84. The minimum Gasteiger partial charge on any atom is -0.508 e. The smallest absolute Gasteiger partial charge is 0.295 e. The monoisotopic (exact) mass is 444 g/mol. The van der Waals surface area contributed by atoms with Crippen molar-refractivity contribution in [2.24, 2.45) is 0 Å². The van der Waals surface area contributed by atoms with Crippen molar-refractivity contribution in [3.63, 3.8) is 0 Å². The lowest BCUT2D eigenvalue weighted by Gasteiger charge is -2.25. The first-order valence-corrected chi connectivity index (χ1v) is 10.6. The Kier molecular flexibility index (Phi) is 6.13. The van der Waals surface area contributed by atoms with E-state index in [1.807, 2.05) is 13.8 Å². The molecule has 1 fully saturated rings. The van der Waals surface area contributed by atoms with Crippen molar-refractivity contribution in [1.29, 1.82) is 0 Å². The van der Waals surface area contributed by atoms with Crippen LogP contribution < -0.4 is 4.74 Å². The van der Waals surface area contributed by atoms with Gasteiger partial charge < -0.3 is 19.8 Å². The average molecular weight is 444 g/mol. The van der Waals surface area contributed by atoms with E-state index in [4.69, 9.17) is 4.74 Å². The molecular weight excluding hydrogens is 420 g/mol. The number of carbonyl (C=O) groups is 2. The van der Waals surface area contributed by atoms with E-state index in [9.17, 15) is 19.8 Å². The summed E-state index contributed by atoms with van der Waals surface area (Å²) in [5.74, 6) is -1.28. The lowest BCUT2D eigenvalue weighted by atomic mass is 9.95. The van der Waals surface area contributed by atoms with Crippen LogP contribution in [0.3, 0.4) is 0 Å². The highest BCUT2D eigenvalue weighted by Gasteiger charge is 2.46. The van der Waals surface area contributed by atoms with E-state index in [-0.39, 0.29) is 29.7 Å². The lowest BCUT2D eigenvalue weighted by Crippen LogP contribution is -2.29. The molecule has 1 atom stereocenters. The second-order valence-electron chi connectivity index (χ2n) is 8.07. The quantitative estimate of drug-likeness (QED) is 0.336. The molecule has 168 valence electrons. The number of rotatable bonds is 6. The standard InChI is InChI=1S/C26H24N2O5/c1-16(2)33-21-8-4-6-19(14-21)24(30)22-23(18-5-3-7-20(29)13-18)28(26(32)25(22)31)15-17-9-11-27-12-10-17/h3-14,16,23,29-30H,15H2,1-2H3/b24-22-. The van der Waals surface area contributed by atoms with Gasteiger partial charge in [-0.25, -0.2) is 0 Å². The van der Waals surface area contributed by atoms with Gasteiger partial charge in [-0.3, -0.25) is 14.6 Å². The van der Waals surface area contributed by atoms with E-state index >= 15 is 0 Å². The summed E-state index contributed by atoms with van der Waals surface area (Å²) < 4.78 is 5.71. The van der Waals surface area contributed by atoms with Crippen LogP contribution in [0, 0.1) is 0 Å². The van der Waals surface area contributed by atoms with Crippen molar-refractivity contribution in [3.8, 4) is 11.5 Å². The fraction of sp³-hybridized carbons (Fsp3) is 0.192. The number of ketones is 1. The zero-order valence-electron chi connectivity index (χ0n) is 18.3. The minimum absolute atomic E-state index is 0.00525. The number of pyridine rings is 1. The van der Waals surface area contributed by atoms with Crippen molar-refractivity contribution < 1.29 is 24.5 Å². The van der Waals surface area contributed by atoms with Crippen LogP contribution in [-0.4, -0.2) is 37.9 Å². The second kappa shape index (κ2) is 9.16. The molecule has 0 bridgehead atoms. The number of aliphatic hydroxyl groups excluding tert-OH is 1. The third-order valence-corrected chi connectivity index (χ3v) is 5.31. The summed E-state index contributed by atoms with van der Waals surface area (Å²) in [5.41, 5.74) is 1.62. The summed E-state index contributed by atoms with van der Waals surface area (Å²) in [6, 6.07) is 15.7. The molecule has 33 heavy (non-hydrogen) atoms. The molecule has 4 rings (SSSR count). The van der Waals surface area contributed by atoms with Gasteiger partial charge in [0.25, 0.3) is 11.7 Å². The summed E-state index contributed by atoms with van der Waals surface area (Å²) in [4.78, 5) is 31.6. The Labute approximate surface area is 191 Å². The van der Waals surface area contributed by atoms with Gasteiger partial charge in [0.1, 0.15) is 17.3 Å². The molecule has 3 aromatic rings. The molecule has 2 aromatic carbocycles. The zero-order chi connectivity index (χ0) is 23.5. The third kappa shape index (κ3) is 4.57. The van der Waals surface area contributed by atoms with Gasteiger partial charge in [-0.1, -0.05) is 24.3 Å². The Hall–Kier alpha value is -4.13. The van der Waals surface area contributed by atoms with Crippen LogP contribution in [0.5, 0.6) is 11.5 Å². The summed E-state index contributed by atoms with van der Waals surface area (Å²) in [7, 11) is 0. The van der Waals surface area contributed by atoms with Crippen molar-refractivity contribution in [1.82, 2.24) is 9.88 Å². The number of Topliss-reactive ketones (excluding diaryl/α,β-unsaturated/α-hetero) is 1. The molecule has 1 aliphatic rings. The van der Waals surface area contributed by atoms with Crippen molar-refractivity contribution >= 4 is 17.4 Å². The molecule has 1 amide bonds. The van der Waals surface area contributed by atoms with Gasteiger partial charge in [0, 0.05) is 24.5 Å². The number of likely N-dealkylation sites (tertiary alicyclic amines) is 1. The molecule has 1 saturated heterocycles. The van der Waals surface area contributed by atoms with Gasteiger partial charge in [0.2, 0.25) is 0 Å². The van der Waals surface area contributed by atoms with Crippen LogP contribution in [0.4, 0.5) is 0 Å². The maximum atomic E-state index is 13.1. The Morgan fingerprint density at radius 3 is 2.48 bits per heavy atom. The van der Waals surface area contributed by atoms with Crippen LogP contribution in [0.25, 0.3) is 5.76 Å². The van der Waals surface area contributed by atoms with E-state index in [2.05, 4.69) is 4.98 Å². The fourth-order valence-electron chi connectivity index (χ4n) is 3.91.